The summed E-state index contributed by atoms with van der Waals surface area (Å²) in [5, 5.41) is 9.19. The van der Waals surface area contributed by atoms with Gasteiger partial charge >= 0.3 is 0 Å². The monoisotopic (exact) mass is 274 g/mol. The molecule has 0 amide bonds. The van der Waals surface area contributed by atoms with E-state index in [4.69, 9.17) is 0 Å². The number of hydrogen-bond acceptors (Lipinski definition) is 1. The minimum absolute atomic E-state index is 0.145. The normalized spacial score (nSPS) is 13.2. The minimum atomic E-state index is -0.236. The van der Waals surface area contributed by atoms with Crippen LogP contribution in [0.4, 0.5) is 4.39 Å². The number of rotatable bonds is 4. The molecule has 0 aliphatic carbocycles. The van der Waals surface area contributed by atoms with Gasteiger partial charge in [0, 0.05) is 11.1 Å². The van der Waals surface area contributed by atoms with Crippen LogP contribution in [-0.2, 0) is 6.42 Å². The molecule has 0 saturated carbocycles. The Bertz CT molecular complexity index is 305. The van der Waals surface area contributed by atoms with Crippen molar-refractivity contribution in [3.63, 3.8) is 0 Å². The van der Waals surface area contributed by atoms with Gasteiger partial charge in [-0.15, -0.1) is 0 Å². The number of aliphatic hydroxyl groups is 1. The van der Waals surface area contributed by atoms with Crippen molar-refractivity contribution in [3.05, 3.63) is 34.1 Å². The fourth-order valence-electron chi connectivity index (χ4n) is 1.54. The van der Waals surface area contributed by atoms with Gasteiger partial charge in [0.05, 0.1) is 0 Å². The summed E-state index contributed by atoms with van der Waals surface area (Å²) in [6, 6.07) is 4.86. The molecule has 0 heterocycles. The fraction of sp³-hybridized carbons (Fsp3) is 0.500. The second kappa shape index (κ2) is 5.61. The summed E-state index contributed by atoms with van der Waals surface area (Å²) in [5.74, 6) is 0.357. The first-order chi connectivity index (χ1) is 7.02. The smallest absolute Gasteiger partial charge is 0.124 e. The topological polar surface area (TPSA) is 20.2 Å². The Morgan fingerprint density at radius 1 is 1.33 bits per heavy atom. The molecule has 84 valence electrons. The van der Waals surface area contributed by atoms with Crippen LogP contribution in [0.25, 0.3) is 0 Å². The quantitative estimate of drug-likeness (QED) is 0.893. The summed E-state index contributed by atoms with van der Waals surface area (Å²) in [7, 11) is 0. The second-order valence-electron chi connectivity index (χ2n) is 4.17. The molecule has 1 unspecified atom stereocenters. The third-order valence-corrected chi connectivity index (χ3v) is 3.06. The molecule has 15 heavy (non-hydrogen) atoms. The molecule has 0 aromatic heterocycles. The summed E-state index contributed by atoms with van der Waals surface area (Å²) in [6.07, 6.45) is 0.713. The van der Waals surface area contributed by atoms with Crippen molar-refractivity contribution in [1.29, 1.82) is 0 Å². The highest BCUT2D eigenvalue weighted by Crippen LogP contribution is 2.21. The molecule has 0 fully saturated rings. The average Bonchev–Trinajstić information content (AvgIpc) is 2.12. The Balaban J connectivity index is 2.79. The largest absolute Gasteiger partial charge is 0.396 e. The number of aliphatic hydroxyl groups excluding tert-OH is 1. The first-order valence-corrected chi connectivity index (χ1v) is 5.88. The molecule has 1 aromatic carbocycles. The van der Waals surface area contributed by atoms with Gasteiger partial charge in [-0.2, -0.15) is 0 Å². The summed E-state index contributed by atoms with van der Waals surface area (Å²) in [4.78, 5) is 0. The summed E-state index contributed by atoms with van der Waals surface area (Å²) in [6.45, 7) is 4.27. The highest BCUT2D eigenvalue weighted by molar-refractivity contribution is 9.10. The van der Waals surface area contributed by atoms with E-state index in [2.05, 4.69) is 29.8 Å². The van der Waals surface area contributed by atoms with E-state index in [1.54, 1.807) is 0 Å². The SMILES string of the molecule is CC(C)C(CO)Cc1cc(F)cc(Br)c1. The van der Waals surface area contributed by atoms with Crippen LogP contribution < -0.4 is 0 Å². The van der Waals surface area contributed by atoms with Crippen molar-refractivity contribution >= 4 is 15.9 Å². The average molecular weight is 275 g/mol. The lowest BCUT2D eigenvalue weighted by Gasteiger charge is -2.18. The van der Waals surface area contributed by atoms with E-state index < -0.39 is 0 Å². The molecular formula is C12H16BrFO. The Morgan fingerprint density at radius 3 is 2.47 bits per heavy atom. The fourth-order valence-corrected chi connectivity index (χ4v) is 2.06. The maximum atomic E-state index is 13.1. The lowest BCUT2D eigenvalue weighted by molar-refractivity contribution is 0.189. The van der Waals surface area contributed by atoms with Crippen molar-refractivity contribution < 1.29 is 9.50 Å². The highest BCUT2D eigenvalue weighted by Gasteiger charge is 2.13. The molecular weight excluding hydrogens is 259 g/mol. The zero-order valence-corrected chi connectivity index (χ0v) is 10.6. The van der Waals surface area contributed by atoms with Gasteiger partial charge in [-0.05, 0) is 42.0 Å². The molecule has 0 bridgehead atoms. The maximum absolute atomic E-state index is 13.1. The van der Waals surface area contributed by atoms with Crippen LogP contribution >= 0.6 is 15.9 Å². The van der Waals surface area contributed by atoms with Crippen LogP contribution in [0.2, 0.25) is 0 Å². The summed E-state index contributed by atoms with van der Waals surface area (Å²) < 4.78 is 13.8. The van der Waals surface area contributed by atoms with Crippen molar-refractivity contribution in [2.45, 2.75) is 20.3 Å². The minimum Gasteiger partial charge on any atom is -0.396 e. The van der Waals surface area contributed by atoms with Gasteiger partial charge in [0.2, 0.25) is 0 Å². The van der Waals surface area contributed by atoms with Crippen molar-refractivity contribution in [1.82, 2.24) is 0 Å². The Kier molecular flexibility index (Phi) is 4.74. The van der Waals surface area contributed by atoms with Crippen molar-refractivity contribution in [3.8, 4) is 0 Å². The first kappa shape index (κ1) is 12.7. The number of benzene rings is 1. The van der Waals surface area contributed by atoms with Gasteiger partial charge < -0.3 is 5.11 Å². The third-order valence-electron chi connectivity index (χ3n) is 2.60. The summed E-state index contributed by atoms with van der Waals surface area (Å²) >= 11 is 3.26. The van der Waals surface area contributed by atoms with Crippen LogP contribution in [0, 0.1) is 17.7 Å². The van der Waals surface area contributed by atoms with Crippen LogP contribution in [0.5, 0.6) is 0 Å². The van der Waals surface area contributed by atoms with Crippen LogP contribution in [-0.4, -0.2) is 11.7 Å². The molecule has 1 N–H and O–H groups in total. The predicted molar refractivity (Wildman–Crippen MR) is 63.2 cm³/mol. The molecule has 0 aliphatic rings. The van der Waals surface area contributed by atoms with Crippen molar-refractivity contribution in [2.75, 3.05) is 6.61 Å². The Labute approximate surface area is 98.4 Å². The molecule has 0 radical (unpaired) electrons. The van der Waals surface area contributed by atoms with E-state index in [0.29, 0.717) is 12.3 Å². The molecule has 0 aliphatic heterocycles. The Morgan fingerprint density at radius 2 is 2.00 bits per heavy atom. The third kappa shape index (κ3) is 3.92. The lowest BCUT2D eigenvalue weighted by Crippen LogP contribution is -2.16. The standard InChI is InChI=1S/C12H16BrFO/c1-8(2)10(7-15)3-9-4-11(13)6-12(14)5-9/h4-6,8,10,15H,3,7H2,1-2H3. The molecule has 1 atom stereocenters. The zero-order chi connectivity index (χ0) is 11.4. The zero-order valence-electron chi connectivity index (χ0n) is 9.00. The van der Waals surface area contributed by atoms with Crippen molar-refractivity contribution in [2.24, 2.45) is 11.8 Å². The summed E-state index contributed by atoms with van der Waals surface area (Å²) in [5.41, 5.74) is 0.926. The van der Waals surface area contributed by atoms with Gasteiger partial charge in [-0.3, -0.25) is 0 Å². The molecule has 0 spiro atoms. The first-order valence-electron chi connectivity index (χ1n) is 5.08. The molecule has 1 nitrogen and oxygen atoms in total. The lowest BCUT2D eigenvalue weighted by atomic mass is 9.90. The Hall–Kier alpha value is -0.410. The highest BCUT2D eigenvalue weighted by atomic mass is 79.9. The van der Waals surface area contributed by atoms with Gasteiger partial charge in [0.15, 0.2) is 0 Å². The van der Waals surface area contributed by atoms with Crippen LogP contribution in [0.15, 0.2) is 22.7 Å². The molecule has 3 heteroatoms. The van der Waals surface area contributed by atoms with E-state index in [9.17, 15) is 9.50 Å². The van der Waals surface area contributed by atoms with E-state index in [1.165, 1.54) is 12.1 Å². The predicted octanol–water partition coefficient (Wildman–Crippen LogP) is 3.40. The van der Waals surface area contributed by atoms with Gasteiger partial charge in [-0.1, -0.05) is 29.8 Å². The van der Waals surface area contributed by atoms with Gasteiger partial charge in [0.1, 0.15) is 5.82 Å². The van der Waals surface area contributed by atoms with E-state index in [1.807, 2.05) is 6.07 Å². The second-order valence-corrected chi connectivity index (χ2v) is 5.08. The van der Waals surface area contributed by atoms with Crippen LogP contribution in [0.3, 0.4) is 0 Å². The van der Waals surface area contributed by atoms with Crippen LogP contribution in [0.1, 0.15) is 19.4 Å². The molecule has 1 rings (SSSR count). The molecule has 1 aromatic rings. The number of halogens is 2. The van der Waals surface area contributed by atoms with E-state index >= 15 is 0 Å². The molecule has 0 saturated heterocycles. The number of hydrogen-bond donors (Lipinski definition) is 1. The van der Waals surface area contributed by atoms with E-state index in [0.717, 1.165) is 10.0 Å². The van der Waals surface area contributed by atoms with Gasteiger partial charge in [-0.25, -0.2) is 4.39 Å². The van der Waals surface area contributed by atoms with E-state index in [-0.39, 0.29) is 18.3 Å². The van der Waals surface area contributed by atoms with Gasteiger partial charge in [0.25, 0.3) is 0 Å². The maximum Gasteiger partial charge on any atom is 0.124 e.